The summed E-state index contributed by atoms with van der Waals surface area (Å²) in [5.74, 6) is 0.818. The lowest BCUT2D eigenvalue weighted by Gasteiger charge is -2.36. The fourth-order valence-corrected chi connectivity index (χ4v) is 3.96. The maximum Gasteiger partial charge on any atom is 0.410 e. The number of nitrogens with zero attached hydrogens (tertiary/aromatic N) is 5. The van der Waals surface area contributed by atoms with E-state index in [0.29, 0.717) is 43.6 Å². The molecule has 2 aromatic rings. The van der Waals surface area contributed by atoms with Crippen LogP contribution >= 0.6 is 15.9 Å². The summed E-state index contributed by atoms with van der Waals surface area (Å²) >= 11 is 3.53. The van der Waals surface area contributed by atoms with Gasteiger partial charge in [-0.3, -0.25) is 4.79 Å². The van der Waals surface area contributed by atoms with Gasteiger partial charge in [0.1, 0.15) is 22.3 Å². The van der Waals surface area contributed by atoms with Gasteiger partial charge in [0.25, 0.3) is 0 Å². The first-order chi connectivity index (χ1) is 15.2. The van der Waals surface area contributed by atoms with Gasteiger partial charge >= 0.3 is 6.09 Å². The molecule has 2 amide bonds. The fraction of sp³-hybridized carbons (Fsp3) is 0.478. The number of piperazine rings is 1. The van der Waals surface area contributed by atoms with Crippen molar-refractivity contribution in [3.63, 3.8) is 0 Å². The highest BCUT2D eigenvalue weighted by Gasteiger charge is 2.28. The highest BCUT2D eigenvalue weighted by Crippen LogP contribution is 2.27. The Balaban J connectivity index is 1.64. The number of ether oxygens (including phenoxy) is 1. The maximum atomic E-state index is 12.7. The molecule has 172 valence electrons. The number of aromatic nitrogens is 2. The Kier molecular flexibility index (Phi) is 7.71. The van der Waals surface area contributed by atoms with Crippen LogP contribution in [0.3, 0.4) is 0 Å². The van der Waals surface area contributed by atoms with Crippen LogP contribution in [-0.2, 0) is 16.0 Å². The van der Waals surface area contributed by atoms with Gasteiger partial charge in [0.2, 0.25) is 5.91 Å². The molecule has 0 spiro atoms. The number of amides is 2. The second-order valence-electron chi connectivity index (χ2n) is 8.71. The van der Waals surface area contributed by atoms with E-state index < -0.39 is 5.60 Å². The molecule has 1 aromatic heterocycles. The molecule has 3 rings (SSSR count). The zero-order valence-corrected chi connectivity index (χ0v) is 20.6. The lowest BCUT2D eigenvalue weighted by atomic mass is 10.1. The predicted molar refractivity (Wildman–Crippen MR) is 128 cm³/mol. The van der Waals surface area contributed by atoms with Crippen LogP contribution in [0.25, 0.3) is 0 Å². The second kappa shape index (κ2) is 10.3. The normalized spacial score (nSPS) is 14.3. The van der Waals surface area contributed by atoms with Crippen molar-refractivity contribution in [1.82, 2.24) is 14.9 Å². The molecule has 1 aliphatic heterocycles. The fourth-order valence-electron chi connectivity index (χ4n) is 3.49. The van der Waals surface area contributed by atoms with Crippen molar-refractivity contribution < 1.29 is 14.3 Å². The summed E-state index contributed by atoms with van der Waals surface area (Å²) in [7, 11) is 1.78. The largest absolute Gasteiger partial charge is 0.444 e. The van der Waals surface area contributed by atoms with Crippen molar-refractivity contribution in [2.45, 2.75) is 39.2 Å². The van der Waals surface area contributed by atoms with Gasteiger partial charge in [-0.15, -0.1) is 0 Å². The molecule has 0 bridgehead atoms. The Hall–Kier alpha value is -2.68. The van der Waals surface area contributed by atoms with Gasteiger partial charge in [-0.25, -0.2) is 14.8 Å². The lowest BCUT2D eigenvalue weighted by Crippen LogP contribution is -2.50. The summed E-state index contributed by atoms with van der Waals surface area (Å²) in [6, 6.07) is 9.57. The minimum Gasteiger partial charge on any atom is -0.444 e. The zero-order valence-electron chi connectivity index (χ0n) is 19.0. The van der Waals surface area contributed by atoms with Crippen LogP contribution in [0, 0.1) is 0 Å². The predicted octanol–water partition coefficient (Wildman–Crippen LogP) is 3.89. The maximum absolute atomic E-state index is 12.7. The number of hydrogen-bond acceptors (Lipinski definition) is 6. The van der Waals surface area contributed by atoms with Crippen LogP contribution < -0.4 is 9.80 Å². The molecule has 1 aromatic carbocycles. The molecule has 1 fully saturated rings. The van der Waals surface area contributed by atoms with Crippen molar-refractivity contribution in [3.05, 3.63) is 46.8 Å². The van der Waals surface area contributed by atoms with E-state index >= 15 is 0 Å². The van der Waals surface area contributed by atoms with Gasteiger partial charge < -0.3 is 19.4 Å². The van der Waals surface area contributed by atoms with Crippen LogP contribution in [0.2, 0.25) is 0 Å². The summed E-state index contributed by atoms with van der Waals surface area (Å²) < 4.78 is 6.17. The number of rotatable bonds is 5. The third kappa shape index (κ3) is 6.18. The molecule has 0 radical (unpaired) electrons. The van der Waals surface area contributed by atoms with Crippen LogP contribution in [-0.4, -0.2) is 65.7 Å². The van der Waals surface area contributed by atoms with Gasteiger partial charge in [-0.05, 0) is 55.3 Å². The average molecular weight is 504 g/mol. The number of carbonyl (C=O) groups is 2. The van der Waals surface area contributed by atoms with Crippen LogP contribution in [0.15, 0.2) is 41.3 Å². The molecule has 32 heavy (non-hydrogen) atoms. The van der Waals surface area contributed by atoms with E-state index in [-0.39, 0.29) is 12.0 Å². The standard InChI is InChI=1S/C23H30BrN5O3/c1-23(2,3)32-22(31)29-14-12-28(13-15-29)21-18(20(24)25-16-26-21)10-11-19(30)27(4)17-8-6-5-7-9-17/h5-9,16H,10-15H2,1-4H3. The Labute approximate surface area is 197 Å². The van der Waals surface area contributed by atoms with Crippen molar-refractivity contribution >= 4 is 39.4 Å². The highest BCUT2D eigenvalue weighted by atomic mass is 79.9. The van der Waals surface area contributed by atoms with Crippen molar-refractivity contribution in [3.8, 4) is 0 Å². The number of hydrogen-bond donors (Lipinski definition) is 0. The topological polar surface area (TPSA) is 78.9 Å². The van der Waals surface area contributed by atoms with Gasteiger partial charge in [0.15, 0.2) is 0 Å². The average Bonchev–Trinajstić information content (AvgIpc) is 2.77. The van der Waals surface area contributed by atoms with Crippen LogP contribution in [0.1, 0.15) is 32.8 Å². The summed E-state index contributed by atoms with van der Waals surface area (Å²) in [6.07, 6.45) is 2.07. The van der Waals surface area contributed by atoms with E-state index in [9.17, 15) is 9.59 Å². The van der Waals surface area contributed by atoms with Crippen molar-refractivity contribution in [2.24, 2.45) is 0 Å². The molecule has 9 heteroatoms. The first-order valence-electron chi connectivity index (χ1n) is 10.7. The van der Waals surface area contributed by atoms with E-state index in [1.54, 1.807) is 16.8 Å². The SMILES string of the molecule is CN(C(=O)CCc1c(Br)ncnc1N1CCN(C(=O)OC(C)(C)C)CC1)c1ccccc1. The quantitative estimate of drug-likeness (QED) is 0.575. The third-order valence-corrected chi connectivity index (χ3v) is 5.89. The van der Waals surface area contributed by atoms with Gasteiger partial charge in [0.05, 0.1) is 0 Å². The summed E-state index contributed by atoms with van der Waals surface area (Å²) in [4.78, 5) is 39.4. The van der Waals surface area contributed by atoms with E-state index in [1.165, 1.54) is 6.33 Å². The second-order valence-corrected chi connectivity index (χ2v) is 9.46. The molecule has 0 saturated carbocycles. The smallest absolute Gasteiger partial charge is 0.410 e. The minimum absolute atomic E-state index is 0.0210. The Morgan fingerprint density at radius 2 is 1.75 bits per heavy atom. The zero-order chi connectivity index (χ0) is 23.3. The molecule has 8 nitrogen and oxygen atoms in total. The summed E-state index contributed by atoms with van der Waals surface area (Å²) in [5, 5.41) is 0. The number of benzene rings is 1. The van der Waals surface area contributed by atoms with Crippen molar-refractivity contribution in [2.75, 3.05) is 43.0 Å². The molecule has 0 unspecified atom stereocenters. The van der Waals surface area contributed by atoms with Gasteiger partial charge in [-0.2, -0.15) is 0 Å². The number of carbonyl (C=O) groups excluding carboxylic acids is 2. The number of para-hydroxylation sites is 1. The first-order valence-corrected chi connectivity index (χ1v) is 11.5. The first kappa shape index (κ1) is 24.0. The van der Waals surface area contributed by atoms with Gasteiger partial charge in [-0.1, -0.05) is 18.2 Å². The number of anilines is 2. The van der Waals surface area contributed by atoms with Crippen LogP contribution in [0.4, 0.5) is 16.3 Å². The lowest BCUT2D eigenvalue weighted by molar-refractivity contribution is -0.118. The van der Waals surface area contributed by atoms with Crippen LogP contribution in [0.5, 0.6) is 0 Å². The summed E-state index contributed by atoms with van der Waals surface area (Å²) in [6.45, 7) is 7.95. The van der Waals surface area contributed by atoms with E-state index in [0.717, 1.165) is 17.1 Å². The third-order valence-electron chi connectivity index (χ3n) is 5.21. The molecule has 1 saturated heterocycles. The van der Waals surface area contributed by atoms with E-state index in [2.05, 4.69) is 30.8 Å². The Bertz CT molecular complexity index is 940. The van der Waals surface area contributed by atoms with E-state index in [4.69, 9.17) is 4.74 Å². The van der Waals surface area contributed by atoms with Crippen molar-refractivity contribution in [1.29, 1.82) is 0 Å². The van der Waals surface area contributed by atoms with E-state index in [1.807, 2.05) is 51.1 Å². The monoisotopic (exact) mass is 503 g/mol. The molecule has 0 aliphatic carbocycles. The molecule has 0 N–H and O–H groups in total. The molecular weight excluding hydrogens is 474 g/mol. The molecule has 2 heterocycles. The molecule has 0 atom stereocenters. The van der Waals surface area contributed by atoms with Gasteiger partial charge in [0, 0.05) is 50.9 Å². The Morgan fingerprint density at radius 1 is 1.09 bits per heavy atom. The highest BCUT2D eigenvalue weighted by molar-refractivity contribution is 9.10. The summed E-state index contributed by atoms with van der Waals surface area (Å²) in [5.41, 5.74) is 1.24. The number of halogens is 1. The molecular formula is C23H30BrN5O3. The minimum atomic E-state index is -0.516. The Morgan fingerprint density at radius 3 is 2.38 bits per heavy atom. The molecule has 1 aliphatic rings.